The van der Waals surface area contributed by atoms with Crippen LogP contribution in [0.3, 0.4) is 0 Å². The maximum absolute atomic E-state index is 12.4. The van der Waals surface area contributed by atoms with Gasteiger partial charge >= 0.3 is 6.03 Å². The van der Waals surface area contributed by atoms with Crippen LogP contribution in [0.2, 0.25) is 0 Å². The first kappa shape index (κ1) is 14.8. The molecule has 1 aliphatic heterocycles. The zero-order valence-electron chi connectivity index (χ0n) is 12.7. The van der Waals surface area contributed by atoms with Gasteiger partial charge in [0.05, 0.1) is 0 Å². The Kier molecular flexibility index (Phi) is 4.24. The van der Waals surface area contributed by atoms with Crippen LogP contribution in [0.4, 0.5) is 15.6 Å². The molecule has 2 amide bonds. The van der Waals surface area contributed by atoms with Crippen LogP contribution >= 0.6 is 11.5 Å². The summed E-state index contributed by atoms with van der Waals surface area (Å²) in [5, 5.41) is 3.39. The molecule has 0 bridgehead atoms. The fraction of sp³-hybridized carbons (Fsp3) is 0.400. The molecule has 0 unspecified atom stereocenters. The molecule has 7 heteroatoms. The Morgan fingerprint density at radius 2 is 2.09 bits per heavy atom. The minimum absolute atomic E-state index is 0.101. The van der Waals surface area contributed by atoms with Crippen LogP contribution in [0.1, 0.15) is 12.7 Å². The summed E-state index contributed by atoms with van der Waals surface area (Å²) in [5.74, 6) is 0.683. The number of hydrogen-bond acceptors (Lipinski definition) is 5. The molecule has 6 nitrogen and oxygen atoms in total. The highest BCUT2D eigenvalue weighted by Gasteiger charge is 2.28. The van der Waals surface area contributed by atoms with Gasteiger partial charge in [-0.25, -0.2) is 9.78 Å². The molecule has 1 aliphatic rings. The van der Waals surface area contributed by atoms with Gasteiger partial charge in [-0.2, -0.15) is 4.37 Å². The number of urea groups is 1. The van der Waals surface area contributed by atoms with E-state index in [1.54, 1.807) is 0 Å². The number of benzene rings is 1. The largest absolute Gasteiger partial charge is 0.368 e. The lowest BCUT2D eigenvalue weighted by molar-refractivity contribution is 0.185. The first-order valence-corrected chi connectivity index (χ1v) is 8.09. The summed E-state index contributed by atoms with van der Waals surface area (Å²) in [6, 6.07) is 10.3. The number of rotatable bonds is 2. The number of nitrogens with zero attached hydrogens (tertiary/aromatic N) is 4. The van der Waals surface area contributed by atoms with Crippen molar-refractivity contribution >= 4 is 28.4 Å². The number of aromatic nitrogens is 2. The van der Waals surface area contributed by atoms with Crippen LogP contribution in [0.15, 0.2) is 30.3 Å². The van der Waals surface area contributed by atoms with Crippen LogP contribution in [0.25, 0.3) is 0 Å². The van der Waals surface area contributed by atoms with Crippen LogP contribution in [0, 0.1) is 6.92 Å². The minimum Gasteiger partial charge on any atom is -0.368 e. The second-order valence-electron chi connectivity index (χ2n) is 5.40. The summed E-state index contributed by atoms with van der Waals surface area (Å²) < 4.78 is 4.07. The van der Waals surface area contributed by atoms with Gasteiger partial charge < -0.3 is 9.80 Å². The SMILES string of the molecule is Cc1nsc(NC(=O)N2CCN(c3ccccc3)C[C@@H]2C)n1. The number of hydrogen-bond donors (Lipinski definition) is 1. The number of carbonyl (C=O) groups excluding carboxylic acids is 1. The molecule has 0 aliphatic carbocycles. The summed E-state index contributed by atoms with van der Waals surface area (Å²) in [6.45, 7) is 6.23. The van der Waals surface area contributed by atoms with Gasteiger partial charge in [-0.15, -0.1) is 0 Å². The molecule has 116 valence electrons. The summed E-state index contributed by atoms with van der Waals surface area (Å²) in [4.78, 5) is 20.7. The molecule has 1 fully saturated rings. The van der Waals surface area contributed by atoms with Crippen LogP contribution in [0.5, 0.6) is 0 Å². The van der Waals surface area contributed by atoms with Crippen molar-refractivity contribution in [2.45, 2.75) is 19.9 Å². The average molecular weight is 317 g/mol. The van der Waals surface area contributed by atoms with Crippen molar-refractivity contribution in [1.82, 2.24) is 14.3 Å². The molecule has 1 N–H and O–H groups in total. The number of para-hydroxylation sites is 1. The normalized spacial score (nSPS) is 18.4. The molecule has 0 radical (unpaired) electrons. The second-order valence-corrected chi connectivity index (χ2v) is 6.15. The smallest absolute Gasteiger partial charge is 0.324 e. The fourth-order valence-electron chi connectivity index (χ4n) is 2.64. The van der Waals surface area contributed by atoms with E-state index in [4.69, 9.17) is 0 Å². The Morgan fingerprint density at radius 1 is 1.32 bits per heavy atom. The van der Waals surface area contributed by atoms with Gasteiger partial charge in [0.2, 0.25) is 5.13 Å². The predicted molar refractivity (Wildman–Crippen MR) is 88.5 cm³/mol. The summed E-state index contributed by atoms with van der Waals surface area (Å²) >= 11 is 1.21. The van der Waals surface area contributed by atoms with Gasteiger partial charge in [-0.05, 0) is 26.0 Å². The molecule has 1 saturated heterocycles. The van der Waals surface area contributed by atoms with Crippen molar-refractivity contribution < 1.29 is 4.79 Å². The van der Waals surface area contributed by atoms with E-state index in [0.29, 0.717) is 17.5 Å². The van der Waals surface area contributed by atoms with Crippen molar-refractivity contribution in [3.8, 4) is 0 Å². The second kappa shape index (κ2) is 6.31. The summed E-state index contributed by atoms with van der Waals surface area (Å²) in [6.07, 6.45) is 0. The highest BCUT2D eigenvalue weighted by molar-refractivity contribution is 7.09. The average Bonchev–Trinajstić information content (AvgIpc) is 2.93. The Balaban J connectivity index is 1.61. The van der Waals surface area contributed by atoms with Gasteiger partial charge in [0.25, 0.3) is 0 Å². The molecule has 3 rings (SSSR count). The lowest BCUT2D eigenvalue weighted by Gasteiger charge is -2.40. The molecule has 2 aromatic rings. The zero-order valence-corrected chi connectivity index (χ0v) is 13.5. The van der Waals surface area contributed by atoms with Gasteiger partial charge in [-0.3, -0.25) is 5.32 Å². The zero-order chi connectivity index (χ0) is 15.5. The van der Waals surface area contributed by atoms with Crippen molar-refractivity contribution in [2.75, 3.05) is 29.9 Å². The predicted octanol–water partition coefficient (Wildman–Crippen LogP) is 2.59. The highest BCUT2D eigenvalue weighted by Crippen LogP contribution is 2.20. The number of piperazine rings is 1. The fourth-order valence-corrected chi connectivity index (χ4v) is 3.21. The molecule has 1 atom stereocenters. The number of nitrogens with one attached hydrogen (secondary N) is 1. The number of amides is 2. The van der Waals surface area contributed by atoms with E-state index in [0.717, 1.165) is 13.1 Å². The van der Waals surface area contributed by atoms with Crippen molar-refractivity contribution in [3.63, 3.8) is 0 Å². The molecular weight excluding hydrogens is 298 g/mol. The first-order chi connectivity index (χ1) is 10.6. The third kappa shape index (κ3) is 3.19. The quantitative estimate of drug-likeness (QED) is 0.925. The third-order valence-electron chi connectivity index (χ3n) is 3.75. The maximum Gasteiger partial charge on any atom is 0.324 e. The maximum atomic E-state index is 12.4. The molecule has 2 heterocycles. The van der Waals surface area contributed by atoms with Crippen molar-refractivity contribution in [3.05, 3.63) is 36.2 Å². The Morgan fingerprint density at radius 3 is 2.73 bits per heavy atom. The summed E-state index contributed by atoms with van der Waals surface area (Å²) in [5.41, 5.74) is 1.20. The van der Waals surface area contributed by atoms with E-state index in [1.165, 1.54) is 17.2 Å². The van der Waals surface area contributed by atoms with Crippen molar-refractivity contribution in [2.24, 2.45) is 0 Å². The van der Waals surface area contributed by atoms with E-state index >= 15 is 0 Å². The monoisotopic (exact) mass is 317 g/mol. The Hall–Kier alpha value is -2.15. The van der Waals surface area contributed by atoms with Crippen molar-refractivity contribution in [1.29, 1.82) is 0 Å². The van der Waals surface area contributed by atoms with Crippen LogP contribution in [-0.2, 0) is 0 Å². The van der Waals surface area contributed by atoms with Gasteiger partial charge in [0, 0.05) is 42.9 Å². The lowest BCUT2D eigenvalue weighted by Crippen LogP contribution is -2.55. The highest BCUT2D eigenvalue weighted by atomic mass is 32.1. The lowest BCUT2D eigenvalue weighted by atomic mass is 10.1. The third-order valence-corrected chi connectivity index (χ3v) is 4.47. The first-order valence-electron chi connectivity index (χ1n) is 7.31. The van der Waals surface area contributed by atoms with E-state index in [9.17, 15) is 4.79 Å². The van der Waals surface area contributed by atoms with E-state index < -0.39 is 0 Å². The number of carbonyl (C=O) groups is 1. The molecule has 0 saturated carbocycles. The number of anilines is 2. The molecule has 1 aromatic carbocycles. The molecule has 0 spiro atoms. The summed E-state index contributed by atoms with van der Waals surface area (Å²) in [7, 11) is 0. The van der Waals surface area contributed by atoms with Gasteiger partial charge in [0.15, 0.2) is 0 Å². The topological polar surface area (TPSA) is 61.4 Å². The van der Waals surface area contributed by atoms with Crippen LogP contribution < -0.4 is 10.2 Å². The number of aryl methyl sites for hydroxylation is 1. The molecular formula is C15H19N5OS. The molecule has 22 heavy (non-hydrogen) atoms. The standard InChI is InChI=1S/C15H19N5OS/c1-11-10-19(13-6-4-3-5-7-13)8-9-20(11)15(21)17-14-16-12(2)18-22-14/h3-7,11H,8-10H2,1-2H3,(H,16,17,18,21)/t11-/m0/s1. The van der Waals surface area contributed by atoms with Gasteiger partial charge in [-0.1, -0.05) is 18.2 Å². The van der Waals surface area contributed by atoms with Gasteiger partial charge in [0.1, 0.15) is 5.82 Å². The van der Waals surface area contributed by atoms with E-state index in [1.807, 2.05) is 30.0 Å². The Bertz CT molecular complexity index is 644. The van der Waals surface area contributed by atoms with E-state index in [2.05, 4.69) is 38.6 Å². The minimum atomic E-state index is -0.101. The van der Waals surface area contributed by atoms with E-state index in [-0.39, 0.29) is 12.1 Å². The van der Waals surface area contributed by atoms with Crippen LogP contribution in [-0.4, -0.2) is 46.0 Å². The molecule has 1 aromatic heterocycles. The Labute approximate surface area is 133 Å².